The molecule has 0 spiro atoms. The first kappa shape index (κ1) is 16.1. The summed E-state index contributed by atoms with van der Waals surface area (Å²) in [5, 5.41) is 8.97. The summed E-state index contributed by atoms with van der Waals surface area (Å²) < 4.78 is 0. The summed E-state index contributed by atoms with van der Waals surface area (Å²) in [5.74, 6) is -0.243. The van der Waals surface area contributed by atoms with Crippen LogP contribution in [0.25, 0.3) is 0 Å². The van der Waals surface area contributed by atoms with E-state index in [4.69, 9.17) is 0 Å². The monoisotopic (exact) mass is 323 g/mol. The Morgan fingerprint density at radius 1 is 1.12 bits per heavy atom. The number of anilines is 2. The highest BCUT2D eigenvalue weighted by Gasteiger charge is 2.27. The van der Waals surface area contributed by atoms with Gasteiger partial charge in [-0.25, -0.2) is 0 Å². The molecule has 1 aliphatic heterocycles. The third-order valence-electron chi connectivity index (χ3n) is 4.23. The van der Waals surface area contributed by atoms with Crippen LogP contribution in [0.15, 0.2) is 48.5 Å². The quantitative estimate of drug-likeness (QED) is 0.792. The number of hydrogen-bond acceptors (Lipinski definition) is 3. The van der Waals surface area contributed by atoms with E-state index in [1.54, 1.807) is 0 Å². The van der Waals surface area contributed by atoms with Gasteiger partial charge in [-0.05, 0) is 36.6 Å². The lowest BCUT2D eigenvalue weighted by molar-refractivity contribution is -0.122. The molecule has 1 aliphatic rings. The maximum absolute atomic E-state index is 12.3. The first-order valence-corrected chi connectivity index (χ1v) is 8.11. The standard InChI is InChI=1S/C19H21N3O2/c1-13-6-2-3-7-14(13)12-20-15-8-4-5-9-16(15)22-19(24)17-10-11-18(23)21-17/h2-9,17,20H,10-12H2,1H3,(H,21,23)(H,22,24)/t17-/m0/s1. The lowest BCUT2D eigenvalue weighted by Gasteiger charge is -2.16. The zero-order chi connectivity index (χ0) is 16.9. The highest BCUT2D eigenvalue weighted by atomic mass is 16.2. The molecule has 2 aromatic carbocycles. The Balaban J connectivity index is 1.68. The van der Waals surface area contributed by atoms with Gasteiger partial charge in [0.05, 0.1) is 11.4 Å². The average Bonchev–Trinajstić information content (AvgIpc) is 3.02. The minimum atomic E-state index is -0.443. The normalized spacial score (nSPS) is 16.5. The van der Waals surface area contributed by atoms with Crippen molar-refractivity contribution in [3.63, 3.8) is 0 Å². The van der Waals surface area contributed by atoms with Crippen molar-refractivity contribution in [2.45, 2.75) is 32.4 Å². The largest absolute Gasteiger partial charge is 0.379 e. The lowest BCUT2D eigenvalue weighted by atomic mass is 10.1. The molecule has 2 amide bonds. The average molecular weight is 323 g/mol. The van der Waals surface area contributed by atoms with Gasteiger partial charge in [0, 0.05) is 13.0 Å². The summed E-state index contributed by atoms with van der Waals surface area (Å²) in [5.41, 5.74) is 4.01. The molecule has 124 valence electrons. The van der Waals surface area contributed by atoms with Gasteiger partial charge >= 0.3 is 0 Å². The van der Waals surface area contributed by atoms with Crippen LogP contribution in [0, 0.1) is 6.92 Å². The first-order chi connectivity index (χ1) is 11.6. The summed E-state index contributed by atoms with van der Waals surface area (Å²) in [6.07, 6.45) is 0.953. The first-order valence-electron chi connectivity index (χ1n) is 8.11. The maximum Gasteiger partial charge on any atom is 0.247 e. The molecular formula is C19H21N3O2. The molecule has 0 saturated carbocycles. The molecule has 1 heterocycles. The summed E-state index contributed by atoms with van der Waals surface area (Å²) >= 11 is 0. The minimum Gasteiger partial charge on any atom is -0.379 e. The molecule has 0 bridgehead atoms. The Labute approximate surface area is 141 Å². The van der Waals surface area contributed by atoms with Crippen LogP contribution in [0.3, 0.4) is 0 Å². The van der Waals surface area contributed by atoms with Crippen LogP contribution in [0.1, 0.15) is 24.0 Å². The van der Waals surface area contributed by atoms with Gasteiger partial charge in [0.1, 0.15) is 6.04 Å². The zero-order valence-corrected chi connectivity index (χ0v) is 13.6. The fourth-order valence-corrected chi connectivity index (χ4v) is 2.78. The SMILES string of the molecule is Cc1ccccc1CNc1ccccc1NC(=O)[C@@H]1CCC(=O)N1. The van der Waals surface area contributed by atoms with Crippen LogP contribution in [-0.4, -0.2) is 17.9 Å². The van der Waals surface area contributed by atoms with Crippen LogP contribution in [-0.2, 0) is 16.1 Å². The second-order valence-electron chi connectivity index (χ2n) is 5.97. The number of benzene rings is 2. The number of rotatable bonds is 5. The number of hydrogen-bond donors (Lipinski definition) is 3. The van der Waals surface area contributed by atoms with Crippen molar-refractivity contribution in [2.24, 2.45) is 0 Å². The van der Waals surface area contributed by atoms with Gasteiger partial charge in [-0.1, -0.05) is 36.4 Å². The van der Waals surface area contributed by atoms with E-state index < -0.39 is 6.04 Å². The molecule has 3 N–H and O–H groups in total. The van der Waals surface area contributed by atoms with E-state index in [0.29, 0.717) is 19.4 Å². The second-order valence-corrected chi connectivity index (χ2v) is 5.97. The van der Waals surface area contributed by atoms with Crippen molar-refractivity contribution >= 4 is 23.2 Å². The molecule has 1 atom stereocenters. The van der Waals surface area contributed by atoms with Crippen LogP contribution in [0.4, 0.5) is 11.4 Å². The van der Waals surface area contributed by atoms with Crippen LogP contribution in [0.5, 0.6) is 0 Å². The predicted molar refractivity (Wildman–Crippen MR) is 94.7 cm³/mol. The van der Waals surface area contributed by atoms with E-state index >= 15 is 0 Å². The zero-order valence-electron chi connectivity index (χ0n) is 13.6. The summed E-state index contributed by atoms with van der Waals surface area (Å²) in [6.45, 7) is 2.76. The molecule has 0 aromatic heterocycles. The van der Waals surface area contributed by atoms with Crippen LogP contribution in [0.2, 0.25) is 0 Å². The number of nitrogens with one attached hydrogen (secondary N) is 3. The molecule has 1 fully saturated rings. The third kappa shape index (κ3) is 3.74. The van der Waals surface area contributed by atoms with Gasteiger partial charge in [-0.15, -0.1) is 0 Å². The summed E-state index contributed by atoms with van der Waals surface area (Å²) in [6, 6.07) is 15.3. The van der Waals surface area contributed by atoms with Gasteiger partial charge in [0.2, 0.25) is 11.8 Å². The second kappa shape index (κ2) is 7.17. The van der Waals surface area contributed by atoms with Gasteiger partial charge in [0.15, 0.2) is 0 Å². The summed E-state index contributed by atoms with van der Waals surface area (Å²) in [7, 11) is 0. The summed E-state index contributed by atoms with van der Waals surface area (Å²) in [4.78, 5) is 23.6. The van der Waals surface area contributed by atoms with Crippen molar-refractivity contribution in [3.05, 3.63) is 59.7 Å². The molecule has 5 heteroatoms. The van der Waals surface area contributed by atoms with Crippen LogP contribution >= 0.6 is 0 Å². The smallest absolute Gasteiger partial charge is 0.247 e. The molecule has 3 rings (SSSR count). The van der Waals surface area contributed by atoms with Crippen molar-refractivity contribution in [3.8, 4) is 0 Å². The third-order valence-corrected chi connectivity index (χ3v) is 4.23. The van der Waals surface area contributed by atoms with E-state index in [1.807, 2.05) is 36.4 Å². The maximum atomic E-state index is 12.3. The molecule has 2 aromatic rings. The number of carbonyl (C=O) groups excluding carboxylic acids is 2. The van der Waals surface area contributed by atoms with Crippen molar-refractivity contribution in [1.82, 2.24) is 5.32 Å². The number of amides is 2. The van der Waals surface area contributed by atoms with E-state index in [-0.39, 0.29) is 11.8 Å². The lowest BCUT2D eigenvalue weighted by Crippen LogP contribution is -2.37. The highest BCUT2D eigenvalue weighted by Crippen LogP contribution is 2.23. The molecular weight excluding hydrogens is 302 g/mol. The molecule has 1 saturated heterocycles. The van der Waals surface area contributed by atoms with E-state index in [9.17, 15) is 9.59 Å². The molecule has 5 nitrogen and oxygen atoms in total. The fraction of sp³-hybridized carbons (Fsp3) is 0.263. The Morgan fingerprint density at radius 3 is 2.54 bits per heavy atom. The number of aryl methyl sites for hydroxylation is 1. The Hall–Kier alpha value is -2.82. The van der Waals surface area contributed by atoms with Crippen molar-refractivity contribution < 1.29 is 9.59 Å². The molecule has 0 radical (unpaired) electrons. The molecule has 24 heavy (non-hydrogen) atoms. The number of carbonyl (C=O) groups is 2. The van der Waals surface area contributed by atoms with Crippen molar-refractivity contribution in [2.75, 3.05) is 10.6 Å². The number of para-hydroxylation sites is 2. The molecule has 0 unspecified atom stereocenters. The van der Waals surface area contributed by atoms with Crippen molar-refractivity contribution in [1.29, 1.82) is 0 Å². The highest BCUT2D eigenvalue weighted by molar-refractivity contribution is 6.00. The van der Waals surface area contributed by atoms with Gasteiger partial charge in [-0.2, -0.15) is 0 Å². The van der Waals surface area contributed by atoms with E-state index in [1.165, 1.54) is 11.1 Å². The predicted octanol–water partition coefficient (Wildman–Crippen LogP) is 2.82. The Morgan fingerprint density at radius 2 is 1.83 bits per heavy atom. The van der Waals surface area contributed by atoms with Crippen LogP contribution < -0.4 is 16.0 Å². The topological polar surface area (TPSA) is 70.2 Å². The fourth-order valence-electron chi connectivity index (χ4n) is 2.78. The molecule has 0 aliphatic carbocycles. The van der Waals surface area contributed by atoms with Gasteiger partial charge in [-0.3, -0.25) is 9.59 Å². The van der Waals surface area contributed by atoms with E-state index in [0.717, 1.165) is 11.4 Å². The van der Waals surface area contributed by atoms with Gasteiger partial charge in [0.25, 0.3) is 0 Å². The van der Waals surface area contributed by atoms with E-state index in [2.05, 4.69) is 35.0 Å². The Bertz CT molecular complexity index is 758. The Kier molecular flexibility index (Phi) is 4.79. The van der Waals surface area contributed by atoms with Gasteiger partial charge < -0.3 is 16.0 Å². The minimum absolute atomic E-state index is 0.0684.